The Morgan fingerprint density at radius 1 is 1.08 bits per heavy atom. The van der Waals surface area contributed by atoms with Gasteiger partial charge in [-0.15, -0.1) is 0 Å². The molecule has 5 heteroatoms. The first-order valence-electron chi connectivity index (χ1n) is 8.30. The summed E-state index contributed by atoms with van der Waals surface area (Å²) in [5.74, 6) is -0.513. The number of hydrogen-bond acceptors (Lipinski definition) is 2. The van der Waals surface area contributed by atoms with Crippen LogP contribution in [0.4, 0.5) is 11.4 Å². The van der Waals surface area contributed by atoms with Crippen molar-refractivity contribution in [3.63, 3.8) is 0 Å². The third-order valence-corrected chi connectivity index (χ3v) is 4.96. The van der Waals surface area contributed by atoms with Gasteiger partial charge in [-0.2, -0.15) is 0 Å². The number of carbonyl (C=O) groups is 2. The smallest absolute Gasteiger partial charge is 0.229 e. The van der Waals surface area contributed by atoms with E-state index in [9.17, 15) is 9.59 Å². The summed E-state index contributed by atoms with van der Waals surface area (Å²) in [4.78, 5) is 26.6. The van der Waals surface area contributed by atoms with Gasteiger partial charge in [0.15, 0.2) is 0 Å². The zero-order valence-corrected chi connectivity index (χ0v) is 15.4. The molecule has 1 fully saturated rings. The minimum Gasteiger partial charge on any atom is -0.326 e. The normalized spacial score (nSPS) is 17.0. The number of nitrogens with one attached hydrogen (secondary N) is 1. The maximum Gasteiger partial charge on any atom is 0.229 e. The summed E-state index contributed by atoms with van der Waals surface area (Å²) in [6.07, 6.45) is 0.221. The van der Waals surface area contributed by atoms with Crippen LogP contribution in [0.3, 0.4) is 0 Å². The van der Waals surface area contributed by atoms with Crippen molar-refractivity contribution in [2.24, 2.45) is 5.92 Å². The zero-order valence-electron chi connectivity index (χ0n) is 14.6. The number of halogens is 1. The molecule has 0 aromatic heterocycles. The fourth-order valence-corrected chi connectivity index (χ4v) is 3.33. The van der Waals surface area contributed by atoms with Gasteiger partial charge in [-0.05, 0) is 67.8 Å². The molecule has 1 heterocycles. The molecule has 2 amide bonds. The lowest BCUT2D eigenvalue weighted by molar-refractivity contribution is -0.122. The second kappa shape index (κ2) is 6.89. The molecule has 0 saturated carbocycles. The molecule has 2 aromatic rings. The Morgan fingerprint density at radius 2 is 1.84 bits per heavy atom. The molecule has 3 rings (SSSR count). The maximum absolute atomic E-state index is 12.6. The Labute approximate surface area is 152 Å². The van der Waals surface area contributed by atoms with E-state index in [4.69, 9.17) is 11.6 Å². The van der Waals surface area contributed by atoms with Crippen LogP contribution in [0.25, 0.3) is 0 Å². The highest BCUT2D eigenvalue weighted by Crippen LogP contribution is 2.30. The van der Waals surface area contributed by atoms with Gasteiger partial charge in [-0.1, -0.05) is 17.7 Å². The summed E-state index contributed by atoms with van der Waals surface area (Å²) in [7, 11) is 0. The zero-order chi connectivity index (χ0) is 18.1. The first-order valence-corrected chi connectivity index (χ1v) is 8.67. The summed E-state index contributed by atoms with van der Waals surface area (Å²) < 4.78 is 0. The molecule has 1 N–H and O–H groups in total. The van der Waals surface area contributed by atoms with E-state index in [-0.39, 0.29) is 24.2 Å². The topological polar surface area (TPSA) is 49.4 Å². The number of carbonyl (C=O) groups excluding carboxylic acids is 2. The number of amides is 2. The van der Waals surface area contributed by atoms with Gasteiger partial charge in [0.05, 0.1) is 5.92 Å². The molecular formula is C20H21ClN2O2. The minimum absolute atomic E-state index is 0.0364. The molecule has 0 bridgehead atoms. The molecule has 1 saturated heterocycles. The Hall–Kier alpha value is -2.33. The van der Waals surface area contributed by atoms with Crippen LogP contribution in [0.1, 0.15) is 23.1 Å². The number of nitrogens with zero attached hydrogens (tertiary/aromatic N) is 1. The molecule has 2 aromatic carbocycles. The molecule has 1 aliphatic rings. The fraction of sp³-hybridized carbons (Fsp3) is 0.300. The number of hydrogen-bond donors (Lipinski definition) is 1. The predicted molar refractivity (Wildman–Crippen MR) is 101 cm³/mol. The van der Waals surface area contributed by atoms with Crippen molar-refractivity contribution in [3.8, 4) is 0 Å². The summed E-state index contributed by atoms with van der Waals surface area (Å²) >= 11 is 5.99. The second-order valence-corrected chi connectivity index (χ2v) is 7.06. The third kappa shape index (κ3) is 3.69. The van der Waals surface area contributed by atoms with Gasteiger partial charge in [0.1, 0.15) is 0 Å². The minimum atomic E-state index is -0.357. The van der Waals surface area contributed by atoms with E-state index in [0.29, 0.717) is 11.6 Å². The van der Waals surface area contributed by atoms with Crippen LogP contribution in [-0.2, 0) is 9.59 Å². The number of anilines is 2. The van der Waals surface area contributed by atoms with E-state index in [2.05, 4.69) is 5.32 Å². The quantitative estimate of drug-likeness (QED) is 0.893. The Bertz CT molecular complexity index is 848. The van der Waals surface area contributed by atoms with E-state index in [1.807, 2.05) is 51.1 Å². The Balaban J connectivity index is 1.73. The van der Waals surface area contributed by atoms with Crippen LogP contribution in [0.15, 0.2) is 36.4 Å². The number of benzene rings is 2. The van der Waals surface area contributed by atoms with Crippen LogP contribution >= 0.6 is 11.6 Å². The van der Waals surface area contributed by atoms with Gasteiger partial charge in [-0.3, -0.25) is 9.59 Å². The van der Waals surface area contributed by atoms with Gasteiger partial charge in [0.2, 0.25) is 11.8 Å². The molecule has 0 aliphatic carbocycles. The van der Waals surface area contributed by atoms with E-state index in [1.54, 1.807) is 11.0 Å². The molecule has 1 unspecified atom stereocenters. The lowest BCUT2D eigenvalue weighted by Crippen LogP contribution is -2.28. The predicted octanol–water partition coefficient (Wildman–Crippen LogP) is 4.26. The first kappa shape index (κ1) is 17.5. The van der Waals surface area contributed by atoms with Crippen molar-refractivity contribution in [2.75, 3.05) is 16.8 Å². The fourth-order valence-electron chi connectivity index (χ4n) is 3.10. The highest BCUT2D eigenvalue weighted by molar-refractivity contribution is 6.30. The summed E-state index contributed by atoms with van der Waals surface area (Å²) in [6, 6.07) is 11.2. The summed E-state index contributed by atoms with van der Waals surface area (Å²) in [5, 5.41) is 3.57. The van der Waals surface area contributed by atoms with E-state index < -0.39 is 0 Å². The van der Waals surface area contributed by atoms with Crippen LogP contribution in [-0.4, -0.2) is 18.4 Å². The maximum atomic E-state index is 12.6. The lowest BCUT2D eigenvalue weighted by Gasteiger charge is -2.19. The van der Waals surface area contributed by atoms with E-state index in [0.717, 1.165) is 22.5 Å². The first-order chi connectivity index (χ1) is 11.8. The summed E-state index contributed by atoms with van der Waals surface area (Å²) in [5.41, 5.74) is 4.81. The second-order valence-electron chi connectivity index (χ2n) is 6.62. The monoisotopic (exact) mass is 356 g/mol. The van der Waals surface area contributed by atoms with Crippen molar-refractivity contribution in [1.82, 2.24) is 0 Å². The standard InChI is InChI=1S/C20H21ClN2O2/c1-12-4-6-17(9-13(12)2)22-20(25)15-10-19(24)23(11-15)18-7-5-16(21)8-14(18)3/h4-9,15H,10-11H2,1-3H3,(H,22,25). The molecule has 0 radical (unpaired) electrons. The van der Waals surface area contributed by atoms with Crippen molar-refractivity contribution in [2.45, 2.75) is 27.2 Å². The van der Waals surface area contributed by atoms with Gasteiger partial charge >= 0.3 is 0 Å². The molecule has 1 aliphatic heterocycles. The molecule has 0 spiro atoms. The highest BCUT2D eigenvalue weighted by Gasteiger charge is 2.35. The third-order valence-electron chi connectivity index (χ3n) is 4.72. The molecule has 4 nitrogen and oxygen atoms in total. The van der Waals surface area contributed by atoms with Crippen LogP contribution in [0.2, 0.25) is 5.02 Å². The Kier molecular flexibility index (Phi) is 4.82. The van der Waals surface area contributed by atoms with Crippen LogP contribution in [0.5, 0.6) is 0 Å². The lowest BCUT2D eigenvalue weighted by atomic mass is 10.1. The van der Waals surface area contributed by atoms with Crippen LogP contribution < -0.4 is 10.2 Å². The van der Waals surface area contributed by atoms with Crippen molar-refractivity contribution >= 4 is 34.8 Å². The number of rotatable bonds is 3. The van der Waals surface area contributed by atoms with E-state index in [1.165, 1.54) is 5.56 Å². The van der Waals surface area contributed by atoms with Gasteiger partial charge in [0.25, 0.3) is 0 Å². The average Bonchev–Trinajstić information content (AvgIpc) is 2.93. The largest absolute Gasteiger partial charge is 0.326 e. The average molecular weight is 357 g/mol. The highest BCUT2D eigenvalue weighted by atomic mass is 35.5. The van der Waals surface area contributed by atoms with Gasteiger partial charge in [-0.25, -0.2) is 0 Å². The Morgan fingerprint density at radius 3 is 2.52 bits per heavy atom. The molecular weight excluding hydrogens is 336 g/mol. The molecule has 25 heavy (non-hydrogen) atoms. The van der Waals surface area contributed by atoms with Gasteiger partial charge in [0, 0.05) is 29.4 Å². The summed E-state index contributed by atoms with van der Waals surface area (Å²) in [6.45, 7) is 6.34. The van der Waals surface area contributed by atoms with Gasteiger partial charge < -0.3 is 10.2 Å². The SMILES string of the molecule is Cc1ccc(NC(=O)C2CC(=O)N(c3ccc(Cl)cc3C)C2)cc1C. The van der Waals surface area contributed by atoms with Crippen LogP contribution in [0, 0.1) is 26.7 Å². The molecule has 130 valence electrons. The van der Waals surface area contributed by atoms with Crippen molar-refractivity contribution in [3.05, 3.63) is 58.1 Å². The van der Waals surface area contributed by atoms with E-state index >= 15 is 0 Å². The molecule has 1 atom stereocenters. The van der Waals surface area contributed by atoms with Crippen molar-refractivity contribution < 1.29 is 9.59 Å². The van der Waals surface area contributed by atoms with Crippen molar-refractivity contribution in [1.29, 1.82) is 0 Å². The number of aryl methyl sites for hydroxylation is 3.